The summed E-state index contributed by atoms with van der Waals surface area (Å²) in [5.74, 6) is -6.23. The smallest absolute Gasteiger partial charge is 0.265 e. The molecular formula is C23H20F5N5O3S. The van der Waals surface area contributed by atoms with Crippen molar-refractivity contribution in [1.82, 2.24) is 16.1 Å². The van der Waals surface area contributed by atoms with Gasteiger partial charge in [-0.05, 0) is 24.3 Å². The number of fused-ring (bicyclic) bond motifs is 1. The highest BCUT2D eigenvalue weighted by Gasteiger charge is 2.34. The van der Waals surface area contributed by atoms with Gasteiger partial charge in [0.2, 0.25) is 0 Å². The maximum atomic E-state index is 15.5. The Balaban J connectivity index is 1.53. The molecular weight excluding hydrogens is 521 g/mol. The van der Waals surface area contributed by atoms with Crippen LogP contribution in [-0.4, -0.2) is 32.8 Å². The maximum Gasteiger partial charge on any atom is 0.265 e. The van der Waals surface area contributed by atoms with Crippen molar-refractivity contribution in [2.75, 3.05) is 23.2 Å². The van der Waals surface area contributed by atoms with Gasteiger partial charge in [0.25, 0.3) is 10.0 Å². The van der Waals surface area contributed by atoms with Crippen LogP contribution in [0.15, 0.2) is 41.3 Å². The van der Waals surface area contributed by atoms with Crippen molar-refractivity contribution in [3.05, 3.63) is 76.6 Å². The fourth-order valence-electron chi connectivity index (χ4n) is 4.43. The van der Waals surface area contributed by atoms with Gasteiger partial charge in [-0.25, -0.2) is 35.8 Å². The van der Waals surface area contributed by atoms with E-state index in [0.717, 1.165) is 6.07 Å². The number of rotatable bonds is 6. The number of nitrogens with one attached hydrogen (secondary N) is 5. The molecule has 0 radical (unpaired) electrons. The van der Waals surface area contributed by atoms with E-state index in [-0.39, 0.29) is 17.9 Å². The van der Waals surface area contributed by atoms with Crippen molar-refractivity contribution in [3.63, 3.8) is 0 Å². The lowest BCUT2D eigenvalue weighted by Crippen LogP contribution is -2.42. The minimum absolute atomic E-state index is 0.0267. The zero-order valence-electron chi connectivity index (χ0n) is 18.8. The second-order valence-electron chi connectivity index (χ2n) is 8.45. The van der Waals surface area contributed by atoms with Gasteiger partial charge in [-0.15, -0.1) is 0 Å². The first kappa shape index (κ1) is 25.4. The first-order chi connectivity index (χ1) is 17.6. The summed E-state index contributed by atoms with van der Waals surface area (Å²) >= 11 is 0. The van der Waals surface area contributed by atoms with Crippen LogP contribution >= 0.6 is 0 Å². The van der Waals surface area contributed by atoms with E-state index in [4.69, 9.17) is 5.11 Å². The van der Waals surface area contributed by atoms with Gasteiger partial charge in [0.15, 0.2) is 11.6 Å². The van der Waals surface area contributed by atoms with Crippen molar-refractivity contribution in [2.24, 2.45) is 0 Å². The van der Waals surface area contributed by atoms with Gasteiger partial charge in [0.05, 0.1) is 35.8 Å². The van der Waals surface area contributed by atoms with Gasteiger partial charge in [-0.1, -0.05) is 12.1 Å². The quantitative estimate of drug-likeness (QED) is 0.266. The van der Waals surface area contributed by atoms with Gasteiger partial charge in [-0.2, -0.15) is 0 Å². The van der Waals surface area contributed by atoms with Gasteiger partial charge in [0, 0.05) is 29.8 Å². The Kier molecular flexibility index (Phi) is 6.53. The molecule has 0 amide bonds. The van der Waals surface area contributed by atoms with Gasteiger partial charge >= 0.3 is 0 Å². The van der Waals surface area contributed by atoms with Crippen LogP contribution in [0.3, 0.4) is 0 Å². The van der Waals surface area contributed by atoms with Gasteiger partial charge in [-0.3, -0.25) is 15.4 Å². The number of aliphatic hydroxyl groups is 1. The molecule has 196 valence electrons. The third kappa shape index (κ3) is 4.40. The third-order valence-electron chi connectivity index (χ3n) is 6.19. The van der Waals surface area contributed by atoms with E-state index < -0.39 is 73.0 Å². The first-order valence-corrected chi connectivity index (χ1v) is 12.5. The molecule has 37 heavy (non-hydrogen) atoms. The fraction of sp³-hybridized carbons (Fsp3) is 0.217. The Morgan fingerprint density at radius 1 is 0.946 bits per heavy atom. The van der Waals surface area contributed by atoms with Crippen LogP contribution in [0.4, 0.5) is 33.3 Å². The predicted octanol–water partition coefficient (Wildman–Crippen LogP) is 2.83. The number of anilines is 2. The van der Waals surface area contributed by atoms with Crippen LogP contribution in [0.25, 0.3) is 11.1 Å². The normalized spacial score (nSPS) is 17.6. The lowest BCUT2D eigenvalue weighted by Gasteiger charge is -2.19. The molecule has 5 rings (SSSR count). The summed E-state index contributed by atoms with van der Waals surface area (Å²) in [5, 5.41) is 15.5. The molecule has 3 aromatic rings. The van der Waals surface area contributed by atoms with Crippen molar-refractivity contribution in [1.29, 1.82) is 0 Å². The number of hydrogen-bond donors (Lipinski definition) is 6. The monoisotopic (exact) mass is 541 g/mol. The van der Waals surface area contributed by atoms with Crippen LogP contribution in [0.5, 0.6) is 0 Å². The van der Waals surface area contributed by atoms with Crippen LogP contribution in [0, 0.1) is 29.1 Å². The van der Waals surface area contributed by atoms with Crippen molar-refractivity contribution < 1.29 is 35.5 Å². The van der Waals surface area contributed by atoms with Crippen molar-refractivity contribution >= 4 is 21.4 Å². The topological polar surface area (TPSA) is 115 Å². The summed E-state index contributed by atoms with van der Waals surface area (Å²) in [7, 11) is -4.94. The van der Waals surface area contributed by atoms with E-state index in [1.165, 1.54) is 12.1 Å². The van der Waals surface area contributed by atoms with E-state index in [0.29, 0.717) is 36.9 Å². The minimum Gasteiger partial charge on any atom is -0.392 e. The number of hydrazine groups is 1. The van der Waals surface area contributed by atoms with E-state index in [1.54, 1.807) is 4.72 Å². The molecule has 0 saturated carbocycles. The molecule has 0 aliphatic carbocycles. The molecule has 1 fully saturated rings. The summed E-state index contributed by atoms with van der Waals surface area (Å²) < 4.78 is 101. The first-order valence-electron chi connectivity index (χ1n) is 11.0. The molecule has 1 saturated heterocycles. The number of sulfonamides is 1. The Hall–Kier alpha value is -3.30. The van der Waals surface area contributed by atoms with Crippen molar-refractivity contribution in [2.45, 2.75) is 23.7 Å². The Labute approximate surface area is 207 Å². The second kappa shape index (κ2) is 9.54. The number of halogens is 5. The zero-order chi connectivity index (χ0) is 26.5. The van der Waals surface area contributed by atoms with E-state index in [1.807, 2.05) is 0 Å². The number of hydrogen-bond acceptors (Lipinski definition) is 7. The Morgan fingerprint density at radius 3 is 2.38 bits per heavy atom. The largest absolute Gasteiger partial charge is 0.392 e. The number of aliphatic hydroxyl groups excluding tert-OH is 1. The summed E-state index contributed by atoms with van der Waals surface area (Å²) in [4.78, 5) is -1.19. The second-order valence-corrected chi connectivity index (χ2v) is 10.1. The van der Waals surface area contributed by atoms with Crippen LogP contribution in [-0.2, 0) is 16.6 Å². The molecule has 0 aromatic heterocycles. The van der Waals surface area contributed by atoms with E-state index >= 15 is 8.78 Å². The maximum absolute atomic E-state index is 15.5. The SMILES string of the molecule is O=S(=O)(Nc1ccc(F)c(-c2ccc3c(c2F)NNC3C2NCCN2)c1F)c1cc(F)cc(CO)c1F. The fourth-order valence-corrected chi connectivity index (χ4v) is 5.62. The molecule has 0 bridgehead atoms. The van der Waals surface area contributed by atoms with Crippen LogP contribution in [0.2, 0.25) is 0 Å². The molecule has 8 nitrogen and oxygen atoms in total. The molecule has 0 spiro atoms. The molecule has 1 unspecified atom stereocenters. The average molecular weight is 542 g/mol. The molecule has 2 heterocycles. The van der Waals surface area contributed by atoms with Crippen molar-refractivity contribution in [3.8, 4) is 11.1 Å². The summed E-state index contributed by atoms with van der Waals surface area (Å²) in [6.07, 6.45) is -0.209. The van der Waals surface area contributed by atoms with E-state index in [2.05, 4.69) is 21.5 Å². The summed E-state index contributed by atoms with van der Waals surface area (Å²) in [6.45, 7) is 0.423. The molecule has 3 aromatic carbocycles. The summed E-state index contributed by atoms with van der Waals surface area (Å²) in [6, 6.07) is 4.68. The molecule has 14 heteroatoms. The minimum atomic E-state index is -4.94. The standard InChI is InChI=1S/C23H20F5N5O3S/c24-11-7-10(9-34)18(26)16(8-11)37(35,36)33-15-4-3-14(25)17(20(15)28)12-1-2-13-21(19(12)27)31-32-22(13)23-29-5-6-30-23/h1-4,7-8,22-23,29-34H,5-6,9H2. The predicted molar refractivity (Wildman–Crippen MR) is 124 cm³/mol. The van der Waals surface area contributed by atoms with Crippen LogP contribution < -0.4 is 26.2 Å². The highest BCUT2D eigenvalue weighted by molar-refractivity contribution is 7.92. The Morgan fingerprint density at radius 2 is 1.68 bits per heavy atom. The van der Waals surface area contributed by atoms with E-state index in [9.17, 15) is 21.6 Å². The lowest BCUT2D eigenvalue weighted by molar-refractivity contribution is 0.273. The highest BCUT2D eigenvalue weighted by atomic mass is 32.2. The molecule has 2 aliphatic rings. The zero-order valence-corrected chi connectivity index (χ0v) is 19.6. The van der Waals surface area contributed by atoms with Gasteiger partial charge in [0.1, 0.15) is 22.3 Å². The lowest BCUT2D eigenvalue weighted by atomic mass is 9.97. The Bertz CT molecular complexity index is 1500. The average Bonchev–Trinajstić information content (AvgIpc) is 3.53. The highest BCUT2D eigenvalue weighted by Crippen LogP contribution is 2.40. The molecule has 1 atom stereocenters. The third-order valence-corrected chi connectivity index (χ3v) is 7.56. The molecule has 2 aliphatic heterocycles. The number of benzene rings is 3. The molecule has 6 N–H and O–H groups in total. The van der Waals surface area contributed by atoms with Gasteiger partial charge < -0.3 is 10.5 Å². The van der Waals surface area contributed by atoms with Crippen LogP contribution in [0.1, 0.15) is 17.2 Å². The summed E-state index contributed by atoms with van der Waals surface area (Å²) in [5.41, 5.74) is 3.26.